The minimum Gasteiger partial charge on any atom is -0.437 e. The summed E-state index contributed by atoms with van der Waals surface area (Å²) in [6.07, 6.45) is 0. The van der Waals surface area contributed by atoms with Crippen LogP contribution in [-0.4, -0.2) is 47.8 Å². The molecule has 0 N–H and O–H groups in total. The Morgan fingerprint density at radius 1 is 0.700 bits per heavy atom. The van der Waals surface area contributed by atoms with E-state index in [1.54, 1.807) is 0 Å². The van der Waals surface area contributed by atoms with Gasteiger partial charge < -0.3 is 16.5 Å². The summed E-state index contributed by atoms with van der Waals surface area (Å²) in [5.74, 6) is 0. The van der Waals surface area contributed by atoms with Crippen LogP contribution in [0, 0.1) is 0 Å². The molecule has 1 saturated heterocycles. The van der Waals surface area contributed by atoms with Crippen molar-refractivity contribution < 1.29 is 16.5 Å². The molecule has 0 aromatic rings. The highest BCUT2D eigenvalue weighted by Crippen LogP contribution is 1.94. The second kappa shape index (κ2) is 6.95. The van der Waals surface area contributed by atoms with Gasteiger partial charge in [0, 0.05) is 0 Å². The summed E-state index contributed by atoms with van der Waals surface area (Å²) in [7, 11) is -0.621. The van der Waals surface area contributed by atoms with Crippen molar-refractivity contribution >= 4 is 58.5 Å². The maximum Gasteiger partial charge on any atom is 0.286 e. The Bertz CT molecular complexity index is 46.8. The lowest BCUT2D eigenvalue weighted by molar-refractivity contribution is 0.407. The molecule has 60 valence electrons. The Hall–Kier alpha value is 1.27. The van der Waals surface area contributed by atoms with E-state index in [9.17, 15) is 0 Å². The SMILES string of the molecule is O1[SiH2]O[SiH2]O[SiH2]S[SiH2]O[SiH2]1. The smallest absolute Gasteiger partial charge is 0.286 e. The lowest BCUT2D eigenvalue weighted by Gasteiger charge is -2.09. The molecule has 0 saturated carbocycles. The van der Waals surface area contributed by atoms with Crippen molar-refractivity contribution in [3.8, 4) is 0 Å². The summed E-state index contributed by atoms with van der Waals surface area (Å²) in [6, 6.07) is 0. The first-order chi connectivity index (χ1) is 5.00. The average Bonchev–Trinajstić information content (AvgIpc) is 2.01. The summed E-state index contributed by atoms with van der Waals surface area (Å²) >= 11 is 0. The van der Waals surface area contributed by atoms with Gasteiger partial charge in [0.2, 0.25) is 17.8 Å². The highest BCUT2D eigenvalue weighted by Gasteiger charge is 1.97. The van der Waals surface area contributed by atoms with E-state index in [1.165, 1.54) is 0 Å². The lowest BCUT2D eigenvalue weighted by Crippen LogP contribution is -2.19. The van der Waals surface area contributed by atoms with E-state index in [0.29, 0.717) is 0 Å². The zero-order valence-electron chi connectivity index (χ0n) is 5.58. The summed E-state index contributed by atoms with van der Waals surface area (Å²) in [5, 5.41) is 0. The lowest BCUT2D eigenvalue weighted by atomic mass is 15.7. The molecule has 0 amide bonds. The van der Waals surface area contributed by atoms with Gasteiger partial charge in [-0.2, -0.15) is 10.7 Å². The van der Waals surface area contributed by atoms with Gasteiger partial charge in [-0.25, -0.2) is 0 Å². The Kier molecular flexibility index (Phi) is 6.51. The number of rotatable bonds is 0. The molecule has 1 rings (SSSR count). The van der Waals surface area contributed by atoms with Crippen LogP contribution in [0.5, 0.6) is 0 Å². The predicted molar refractivity (Wildman–Crippen MR) is 54.7 cm³/mol. The fourth-order valence-corrected chi connectivity index (χ4v) is 17.7. The zero-order valence-corrected chi connectivity index (χ0v) is 13.5. The molecule has 1 fully saturated rings. The predicted octanol–water partition coefficient (Wildman–Crippen LogP) is -4.21. The first-order valence-corrected chi connectivity index (χ1v) is 12.1. The molecule has 1 aliphatic rings. The van der Waals surface area contributed by atoms with Gasteiger partial charge in [-0.3, -0.25) is 0 Å². The Balaban J connectivity index is 2.00. The van der Waals surface area contributed by atoms with Crippen molar-refractivity contribution in [1.29, 1.82) is 0 Å². The molecule has 10 heavy (non-hydrogen) atoms. The summed E-state index contributed by atoms with van der Waals surface area (Å²) in [5.41, 5.74) is 0. The van der Waals surface area contributed by atoms with Gasteiger partial charge in [0.1, 0.15) is 0 Å². The Labute approximate surface area is 75.1 Å². The van der Waals surface area contributed by atoms with E-state index >= 15 is 0 Å². The monoisotopic (exact) mass is 246 g/mol. The van der Waals surface area contributed by atoms with E-state index in [0.717, 1.165) is 0 Å². The van der Waals surface area contributed by atoms with Crippen LogP contribution in [0.25, 0.3) is 0 Å². The molecular formula is H10O4SSi5. The Morgan fingerprint density at radius 2 is 1.20 bits per heavy atom. The largest absolute Gasteiger partial charge is 0.437 e. The van der Waals surface area contributed by atoms with Crippen LogP contribution < -0.4 is 0 Å². The van der Waals surface area contributed by atoms with Crippen LogP contribution in [0.4, 0.5) is 0 Å². The van der Waals surface area contributed by atoms with Crippen LogP contribution in [0.1, 0.15) is 0 Å². The minimum atomic E-state index is -0.677. The fourth-order valence-electron chi connectivity index (χ4n) is 0.465. The van der Waals surface area contributed by atoms with Crippen LogP contribution >= 0.6 is 10.7 Å². The maximum atomic E-state index is 5.35. The second-order valence-corrected chi connectivity index (χ2v) is 16.0. The summed E-state index contributed by atoms with van der Waals surface area (Å²) in [4.78, 5) is 0. The van der Waals surface area contributed by atoms with Gasteiger partial charge in [0.05, 0.1) is 0 Å². The highest BCUT2D eigenvalue weighted by molar-refractivity contribution is 8.39. The standard InChI is InChI=1S/H10O4SSi5/c1-6-2-8-4-10-5-9-3-7-1/h6-10H2. The number of hydrogen-bond donors (Lipinski definition) is 0. The maximum absolute atomic E-state index is 5.35. The minimum absolute atomic E-state index is 0.307. The van der Waals surface area contributed by atoms with E-state index in [4.69, 9.17) is 16.5 Å². The van der Waals surface area contributed by atoms with E-state index in [1.807, 2.05) is 10.7 Å². The molecule has 4 nitrogen and oxygen atoms in total. The van der Waals surface area contributed by atoms with Crippen LogP contribution in [0.2, 0.25) is 0 Å². The van der Waals surface area contributed by atoms with Crippen molar-refractivity contribution in [2.45, 2.75) is 0 Å². The molecule has 0 aliphatic carbocycles. The first kappa shape index (κ1) is 9.36. The van der Waals surface area contributed by atoms with Crippen LogP contribution in [-0.2, 0) is 16.5 Å². The number of hydrogen-bond acceptors (Lipinski definition) is 5. The van der Waals surface area contributed by atoms with Crippen molar-refractivity contribution in [2.24, 2.45) is 0 Å². The third-order valence-corrected chi connectivity index (χ3v) is 13.5. The van der Waals surface area contributed by atoms with E-state index in [2.05, 4.69) is 0 Å². The molecular weight excluding hydrogens is 236 g/mol. The third-order valence-electron chi connectivity index (χ3n) is 0.833. The molecule has 0 aromatic heterocycles. The topological polar surface area (TPSA) is 36.9 Å². The van der Waals surface area contributed by atoms with Crippen molar-refractivity contribution in [3.05, 3.63) is 0 Å². The van der Waals surface area contributed by atoms with Crippen molar-refractivity contribution in [3.63, 3.8) is 0 Å². The third kappa shape index (κ3) is 5.00. The van der Waals surface area contributed by atoms with Crippen molar-refractivity contribution in [1.82, 2.24) is 0 Å². The highest BCUT2D eigenvalue weighted by atomic mass is 32.5. The van der Waals surface area contributed by atoms with Crippen LogP contribution in [0.15, 0.2) is 0 Å². The Morgan fingerprint density at radius 3 is 1.80 bits per heavy atom. The van der Waals surface area contributed by atoms with E-state index in [-0.39, 0.29) is 17.8 Å². The van der Waals surface area contributed by atoms with Gasteiger partial charge >= 0.3 is 0 Å². The van der Waals surface area contributed by atoms with Gasteiger partial charge in [-0.15, -0.1) is 0 Å². The summed E-state index contributed by atoms with van der Waals surface area (Å²) in [6.45, 7) is 0. The fraction of sp³-hybridized carbons (Fsp3) is 0. The molecule has 1 heterocycles. The first-order valence-electron chi connectivity index (χ1n) is 2.89. The molecule has 10 heteroatoms. The van der Waals surface area contributed by atoms with E-state index < -0.39 is 30.0 Å². The molecule has 0 bridgehead atoms. The summed E-state index contributed by atoms with van der Waals surface area (Å²) < 4.78 is 21.2. The van der Waals surface area contributed by atoms with Gasteiger partial charge in [-0.05, 0) is 0 Å². The van der Waals surface area contributed by atoms with Gasteiger partial charge in [0.15, 0.2) is 0 Å². The second-order valence-electron chi connectivity index (χ2n) is 1.61. The quantitative estimate of drug-likeness (QED) is 0.405. The van der Waals surface area contributed by atoms with Crippen molar-refractivity contribution in [2.75, 3.05) is 0 Å². The van der Waals surface area contributed by atoms with Crippen LogP contribution in [0.3, 0.4) is 0 Å². The zero-order chi connectivity index (χ0) is 7.07. The molecule has 0 radical (unpaired) electrons. The normalized spacial score (nSPS) is 36.0. The average molecular weight is 247 g/mol. The molecule has 0 spiro atoms. The van der Waals surface area contributed by atoms with Gasteiger partial charge in [0.25, 0.3) is 30.0 Å². The van der Waals surface area contributed by atoms with Gasteiger partial charge in [-0.1, -0.05) is 0 Å². The molecule has 1 aliphatic heterocycles. The molecule has 0 atom stereocenters. The molecule has 0 unspecified atom stereocenters. The molecule has 0 aromatic carbocycles.